The van der Waals surface area contributed by atoms with Crippen LogP contribution in [0.5, 0.6) is 0 Å². The van der Waals surface area contributed by atoms with Crippen LogP contribution in [0.25, 0.3) is 0 Å². The molecular formula is C17H25N5OS. The maximum absolute atomic E-state index is 12.6. The number of aryl methyl sites for hydroxylation is 1. The molecular weight excluding hydrogens is 322 g/mol. The number of carbonyl (C=O) groups excluding carboxylic acids is 1. The monoisotopic (exact) mass is 347 g/mol. The Morgan fingerprint density at radius 1 is 1.33 bits per heavy atom. The largest absolute Gasteiger partial charge is 0.300 e. The number of fused-ring (bicyclic) bond motifs is 1. The molecule has 24 heavy (non-hydrogen) atoms. The van der Waals surface area contributed by atoms with E-state index < -0.39 is 5.54 Å². The first-order valence-electron chi connectivity index (χ1n) is 8.33. The Morgan fingerprint density at radius 2 is 2.08 bits per heavy atom. The fraction of sp³-hybridized carbons (Fsp3) is 0.647. The topological polar surface area (TPSA) is 72.7 Å². The highest BCUT2D eigenvalue weighted by Gasteiger charge is 2.33. The molecule has 0 aromatic carbocycles. The Labute approximate surface area is 146 Å². The van der Waals surface area contributed by atoms with Gasteiger partial charge in [-0.25, -0.2) is 14.6 Å². The van der Waals surface area contributed by atoms with Crippen LogP contribution in [0.15, 0.2) is 12.7 Å². The lowest BCUT2D eigenvalue weighted by atomic mass is 9.73. The van der Waals surface area contributed by atoms with Crippen LogP contribution in [-0.4, -0.2) is 25.7 Å². The SMILES string of the molecule is CC(C)(C)C1CCc2nc(NC(=O)C(C)(C)n3cncn3)sc2C1. The first-order valence-corrected chi connectivity index (χ1v) is 9.14. The number of amides is 1. The maximum atomic E-state index is 12.6. The van der Waals surface area contributed by atoms with E-state index in [0.717, 1.165) is 25.0 Å². The summed E-state index contributed by atoms with van der Waals surface area (Å²) >= 11 is 1.61. The lowest BCUT2D eigenvalue weighted by Crippen LogP contribution is -2.40. The molecule has 2 aromatic heterocycles. The highest BCUT2D eigenvalue weighted by Crippen LogP contribution is 2.40. The quantitative estimate of drug-likeness (QED) is 0.925. The van der Waals surface area contributed by atoms with Crippen molar-refractivity contribution in [3.05, 3.63) is 23.2 Å². The Balaban J connectivity index is 1.74. The zero-order chi connectivity index (χ0) is 17.5. The van der Waals surface area contributed by atoms with E-state index in [9.17, 15) is 4.79 Å². The van der Waals surface area contributed by atoms with Crippen molar-refractivity contribution in [3.63, 3.8) is 0 Å². The van der Waals surface area contributed by atoms with Crippen LogP contribution in [0.4, 0.5) is 5.13 Å². The van der Waals surface area contributed by atoms with E-state index in [-0.39, 0.29) is 5.91 Å². The number of hydrogen-bond acceptors (Lipinski definition) is 5. The van der Waals surface area contributed by atoms with Gasteiger partial charge in [-0.2, -0.15) is 5.10 Å². The third-order valence-electron chi connectivity index (χ3n) is 4.93. The molecule has 6 nitrogen and oxygen atoms in total. The summed E-state index contributed by atoms with van der Waals surface area (Å²) in [6.07, 6.45) is 6.21. The standard InChI is InChI=1S/C17H25N5OS/c1-16(2,3)11-6-7-12-13(8-11)24-15(20-12)21-14(23)17(4,5)22-10-18-9-19-22/h9-11H,6-8H2,1-5H3,(H,20,21,23). The van der Waals surface area contributed by atoms with Crippen LogP contribution in [0, 0.1) is 11.3 Å². The van der Waals surface area contributed by atoms with Gasteiger partial charge in [0.05, 0.1) is 5.69 Å². The van der Waals surface area contributed by atoms with Crippen LogP contribution in [0.2, 0.25) is 0 Å². The number of aromatic nitrogens is 4. The smallest absolute Gasteiger partial charge is 0.253 e. The van der Waals surface area contributed by atoms with Gasteiger partial charge in [0.25, 0.3) is 5.91 Å². The Kier molecular flexibility index (Phi) is 4.23. The van der Waals surface area contributed by atoms with Crippen LogP contribution in [-0.2, 0) is 23.2 Å². The Bertz CT molecular complexity index is 727. The Morgan fingerprint density at radius 3 is 2.71 bits per heavy atom. The third-order valence-corrected chi connectivity index (χ3v) is 5.97. The zero-order valence-corrected chi connectivity index (χ0v) is 15.8. The lowest BCUT2D eigenvalue weighted by molar-refractivity contribution is -0.123. The molecule has 2 aromatic rings. The summed E-state index contributed by atoms with van der Waals surface area (Å²) in [6.45, 7) is 10.5. The summed E-state index contributed by atoms with van der Waals surface area (Å²) in [5.74, 6) is 0.534. The van der Waals surface area contributed by atoms with Gasteiger partial charge in [0, 0.05) is 4.88 Å². The minimum absolute atomic E-state index is 0.133. The van der Waals surface area contributed by atoms with Gasteiger partial charge in [-0.15, -0.1) is 11.3 Å². The van der Waals surface area contributed by atoms with Gasteiger partial charge in [0.15, 0.2) is 5.13 Å². The molecule has 3 rings (SSSR count). The molecule has 1 N–H and O–H groups in total. The predicted molar refractivity (Wildman–Crippen MR) is 95.1 cm³/mol. The number of thiazole rings is 1. The summed E-state index contributed by atoms with van der Waals surface area (Å²) in [5, 5.41) is 7.73. The van der Waals surface area contributed by atoms with Gasteiger partial charge >= 0.3 is 0 Å². The van der Waals surface area contributed by atoms with Crippen molar-refractivity contribution >= 4 is 22.4 Å². The molecule has 1 aliphatic rings. The molecule has 0 fully saturated rings. The molecule has 0 saturated carbocycles. The molecule has 1 amide bonds. The number of rotatable bonds is 3. The van der Waals surface area contributed by atoms with Crippen LogP contribution in [0.3, 0.4) is 0 Å². The van der Waals surface area contributed by atoms with Crippen molar-refractivity contribution in [2.24, 2.45) is 11.3 Å². The minimum Gasteiger partial charge on any atom is -0.300 e. The number of anilines is 1. The van der Waals surface area contributed by atoms with Crippen molar-refractivity contribution in [2.45, 2.75) is 59.4 Å². The van der Waals surface area contributed by atoms with E-state index in [1.165, 1.54) is 11.2 Å². The molecule has 1 unspecified atom stereocenters. The average Bonchev–Trinajstić information content (AvgIpc) is 3.14. The summed E-state index contributed by atoms with van der Waals surface area (Å²) in [7, 11) is 0. The molecule has 2 heterocycles. The van der Waals surface area contributed by atoms with Crippen LogP contribution < -0.4 is 5.32 Å². The molecule has 7 heteroatoms. The number of carbonyl (C=O) groups is 1. The van der Waals surface area contributed by atoms with Crippen molar-refractivity contribution in [2.75, 3.05) is 5.32 Å². The number of hydrogen-bond donors (Lipinski definition) is 1. The highest BCUT2D eigenvalue weighted by molar-refractivity contribution is 7.15. The molecule has 0 bridgehead atoms. The summed E-state index contributed by atoms with van der Waals surface area (Å²) in [6, 6.07) is 0. The third kappa shape index (κ3) is 3.22. The molecule has 1 aliphatic carbocycles. The van der Waals surface area contributed by atoms with Crippen molar-refractivity contribution in [1.29, 1.82) is 0 Å². The van der Waals surface area contributed by atoms with Gasteiger partial charge in [-0.05, 0) is 44.4 Å². The van der Waals surface area contributed by atoms with Gasteiger partial charge < -0.3 is 0 Å². The van der Waals surface area contributed by atoms with Gasteiger partial charge in [0.2, 0.25) is 0 Å². The first kappa shape index (κ1) is 17.1. The molecule has 0 radical (unpaired) electrons. The van der Waals surface area contributed by atoms with E-state index in [4.69, 9.17) is 0 Å². The molecule has 0 aliphatic heterocycles. The van der Waals surface area contributed by atoms with Crippen molar-refractivity contribution in [1.82, 2.24) is 19.7 Å². The van der Waals surface area contributed by atoms with E-state index in [2.05, 4.69) is 41.2 Å². The highest BCUT2D eigenvalue weighted by atomic mass is 32.1. The zero-order valence-electron chi connectivity index (χ0n) is 15.0. The summed E-state index contributed by atoms with van der Waals surface area (Å²) in [4.78, 5) is 22.5. The van der Waals surface area contributed by atoms with Crippen LogP contribution in [0.1, 0.15) is 51.6 Å². The predicted octanol–water partition coefficient (Wildman–Crippen LogP) is 3.26. The maximum Gasteiger partial charge on any atom is 0.253 e. The van der Waals surface area contributed by atoms with Gasteiger partial charge in [-0.1, -0.05) is 20.8 Å². The average molecular weight is 347 g/mol. The second-order valence-electron chi connectivity index (χ2n) is 8.05. The summed E-state index contributed by atoms with van der Waals surface area (Å²) < 4.78 is 1.56. The van der Waals surface area contributed by atoms with E-state index in [1.54, 1.807) is 22.3 Å². The molecule has 130 valence electrons. The fourth-order valence-electron chi connectivity index (χ4n) is 3.02. The molecule has 0 saturated heterocycles. The van der Waals surface area contributed by atoms with Crippen LogP contribution >= 0.6 is 11.3 Å². The molecule has 1 atom stereocenters. The lowest BCUT2D eigenvalue weighted by Gasteiger charge is -2.33. The van der Waals surface area contributed by atoms with Gasteiger partial charge in [-0.3, -0.25) is 10.1 Å². The second kappa shape index (κ2) is 5.95. The molecule has 0 spiro atoms. The number of nitrogens with one attached hydrogen (secondary N) is 1. The normalized spacial score (nSPS) is 18.3. The summed E-state index contributed by atoms with van der Waals surface area (Å²) in [5.41, 5.74) is 0.644. The second-order valence-corrected chi connectivity index (χ2v) is 9.13. The van der Waals surface area contributed by atoms with Gasteiger partial charge in [0.1, 0.15) is 18.2 Å². The fourth-order valence-corrected chi connectivity index (χ4v) is 4.10. The van der Waals surface area contributed by atoms with Crippen molar-refractivity contribution < 1.29 is 4.79 Å². The van der Waals surface area contributed by atoms with E-state index in [0.29, 0.717) is 16.5 Å². The van der Waals surface area contributed by atoms with E-state index in [1.807, 2.05) is 13.8 Å². The number of nitrogens with zero attached hydrogens (tertiary/aromatic N) is 4. The first-order chi connectivity index (χ1) is 11.2. The Hall–Kier alpha value is -1.76. The van der Waals surface area contributed by atoms with Crippen molar-refractivity contribution in [3.8, 4) is 0 Å². The van der Waals surface area contributed by atoms with E-state index >= 15 is 0 Å². The minimum atomic E-state index is -0.809.